The molecule has 84 valence electrons. The number of hydrogen-bond donors (Lipinski definition) is 2. The Labute approximate surface area is 94.9 Å². The third-order valence-electron chi connectivity index (χ3n) is 2.49. The van der Waals surface area contributed by atoms with Crippen molar-refractivity contribution in [2.45, 2.75) is 26.3 Å². The number of rotatable bonds is 4. The summed E-state index contributed by atoms with van der Waals surface area (Å²) in [5.41, 5.74) is 8.06. The van der Waals surface area contributed by atoms with Crippen molar-refractivity contribution in [1.82, 2.24) is 15.2 Å². The molecule has 2 rings (SSSR count). The number of nitrogens with zero attached hydrogens (tertiary/aromatic N) is 2. The Morgan fingerprint density at radius 3 is 2.88 bits per heavy atom. The maximum atomic E-state index is 5.46. The molecule has 0 atom stereocenters. The molecular formula is C12H16N4. The zero-order valence-corrected chi connectivity index (χ0v) is 9.40. The lowest BCUT2D eigenvalue weighted by molar-refractivity contribution is 0.864. The van der Waals surface area contributed by atoms with Gasteiger partial charge < -0.3 is 5.73 Å². The number of aromatic amines is 1. The largest absolute Gasteiger partial charge is 0.324 e. The topological polar surface area (TPSA) is 67.6 Å². The Bertz CT molecular complexity index is 462. The molecule has 4 heteroatoms. The quantitative estimate of drug-likeness (QED) is 0.810. The van der Waals surface area contributed by atoms with E-state index in [0.29, 0.717) is 6.54 Å². The third-order valence-corrected chi connectivity index (χ3v) is 2.49. The average molecular weight is 216 g/mol. The summed E-state index contributed by atoms with van der Waals surface area (Å²) < 4.78 is 0. The number of aromatic nitrogens is 3. The highest BCUT2D eigenvalue weighted by Gasteiger charge is 2.02. The van der Waals surface area contributed by atoms with Gasteiger partial charge in [0.2, 0.25) is 0 Å². The molecule has 0 saturated heterocycles. The van der Waals surface area contributed by atoms with Gasteiger partial charge in [-0.3, -0.25) is 5.10 Å². The molecule has 0 radical (unpaired) electrons. The van der Waals surface area contributed by atoms with Crippen molar-refractivity contribution in [3.8, 4) is 0 Å². The predicted molar refractivity (Wildman–Crippen MR) is 62.9 cm³/mol. The molecule has 0 unspecified atom stereocenters. The first-order valence-electron chi connectivity index (χ1n) is 5.43. The van der Waals surface area contributed by atoms with Crippen LogP contribution < -0.4 is 5.73 Å². The van der Waals surface area contributed by atoms with Gasteiger partial charge in [-0.05, 0) is 18.9 Å². The Balaban J connectivity index is 1.96. The molecule has 0 aliphatic rings. The summed E-state index contributed by atoms with van der Waals surface area (Å²) in [7, 11) is 0. The first-order chi connectivity index (χ1) is 7.78. The molecule has 0 aliphatic carbocycles. The van der Waals surface area contributed by atoms with E-state index in [1.54, 1.807) is 0 Å². The molecule has 0 spiro atoms. The molecule has 1 aromatic heterocycles. The second-order valence-electron chi connectivity index (χ2n) is 3.89. The van der Waals surface area contributed by atoms with Crippen LogP contribution >= 0.6 is 0 Å². The molecule has 0 saturated carbocycles. The van der Waals surface area contributed by atoms with Crippen LogP contribution in [0.4, 0.5) is 0 Å². The lowest BCUT2D eigenvalue weighted by Gasteiger charge is -1.99. The zero-order chi connectivity index (χ0) is 11.4. The highest BCUT2D eigenvalue weighted by Crippen LogP contribution is 2.07. The molecule has 4 nitrogen and oxygen atoms in total. The van der Waals surface area contributed by atoms with Gasteiger partial charge in [0.05, 0.1) is 6.54 Å². The molecule has 1 aromatic carbocycles. The average Bonchev–Trinajstić information content (AvgIpc) is 2.74. The molecule has 0 bridgehead atoms. The van der Waals surface area contributed by atoms with Crippen LogP contribution in [0.5, 0.6) is 0 Å². The standard InChI is InChI=1S/C12H16N4/c1-9-3-2-4-10(7-9)5-6-11-14-12(8-13)16-15-11/h2-4,7H,5-6,8,13H2,1H3,(H,14,15,16). The van der Waals surface area contributed by atoms with E-state index in [9.17, 15) is 0 Å². The number of benzene rings is 1. The minimum Gasteiger partial charge on any atom is -0.324 e. The van der Waals surface area contributed by atoms with Crippen LogP contribution in [-0.4, -0.2) is 15.2 Å². The molecule has 16 heavy (non-hydrogen) atoms. The SMILES string of the molecule is Cc1cccc(CCc2n[nH]c(CN)n2)c1. The summed E-state index contributed by atoms with van der Waals surface area (Å²) >= 11 is 0. The first kappa shape index (κ1) is 10.8. The Kier molecular flexibility index (Phi) is 3.31. The fourth-order valence-corrected chi connectivity index (χ4v) is 1.66. The highest BCUT2D eigenvalue weighted by atomic mass is 15.2. The molecule has 0 amide bonds. The van der Waals surface area contributed by atoms with E-state index in [1.807, 2.05) is 0 Å². The van der Waals surface area contributed by atoms with Gasteiger partial charge >= 0.3 is 0 Å². The minimum absolute atomic E-state index is 0.414. The molecular weight excluding hydrogens is 200 g/mol. The van der Waals surface area contributed by atoms with Crippen molar-refractivity contribution >= 4 is 0 Å². The van der Waals surface area contributed by atoms with Crippen molar-refractivity contribution in [3.05, 3.63) is 47.0 Å². The van der Waals surface area contributed by atoms with Crippen molar-refractivity contribution in [1.29, 1.82) is 0 Å². The smallest absolute Gasteiger partial charge is 0.151 e. The van der Waals surface area contributed by atoms with E-state index in [-0.39, 0.29) is 0 Å². The normalized spacial score (nSPS) is 10.6. The molecule has 0 fully saturated rings. The highest BCUT2D eigenvalue weighted by molar-refractivity contribution is 5.22. The summed E-state index contributed by atoms with van der Waals surface area (Å²) in [6.45, 7) is 2.51. The van der Waals surface area contributed by atoms with Crippen molar-refractivity contribution in [2.24, 2.45) is 5.73 Å². The van der Waals surface area contributed by atoms with Gasteiger partial charge in [0, 0.05) is 6.42 Å². The van der Waals surface area contributed by atoms with E-state index in [4.69, 9.17) is 5.73 Å². The van der Waals surface area contributed by atoms with Crippen LogP contribution in [0.1, 0.15) is 22.8 Å². The lowest BCUT2D eigenvalue weighted by Crippen LogP contribution is -1.98. The Hall–Kier alpha value is -1.68. The van der Waals surface area contributed by atoms with E-state index < -0.39 is 0 Å². The molecule has 2 aromatic rings. The van der Waals surface area contributed by atoms with Crippen LogP contribution in [0.15, 0.2) is 24.3 Å². The summed E-state index contributed by atoms with van der Waals surface area (Å²) in [5.74, 6) is 1.58. The zero-order valence-electron chi connectivity index (χ0n) is 9.40. The molecule has 1 heterocycles. The van der Waals surface area contributed by atoms with E-state index in [2.05, 4.69) is 46.4 Å². The van der Waals surface area contributed by atoms with E-state index in [1.165, 1.54) is 11.1 Å². The predicted octanol–water partition coefficient (Wildman–Crippen LogP) is 1.36. The lowest BCUT2D eigenvalue weighted by atomic mass is 10.1. The molecule has 3 N–H and O–H groups in total. The fraction of sp³-hybridized carbons (Fsp3) is 0.333. The first-order valence-corrected chi connectivity index (χ1v) is 5.43. The van der Waals surface area contributed by atoms with Crippen LogP contribution in [-0.2, 0) is 19.4 Å². The number of nitrogens with one attached hydrogen (secondary N) is 1. The van der Waals surface area contributed by atoms with E-state index in [0.717, 1.165) is 24.5 Å². The van der Waals surface area contributed by atoms with Crippen LogP contribution in [0.2, 0.25) is 0 Å². The van der Waals surface area contributed by atoms with Crippen molar-refractivity contribution in [2.75, 3.05) is 0 Å². The summed E-state index contributed by atoms with van der Waals surface area (Å²) in [4.78, 5) is 4.27. The maximum Gasteiger partial charge on any atom is 0.151 e. The van der Waals surface area contributed by atoms with Gasteiger partial charge in [-0.2, -0.15) is 5.10 Å². The van der Waals surface area contributed by atoms with Crippen molar-refractivity contribution in [3.63, 3.8) is 0 Å². The second kappa shape index (κ2) is 4.90. The van der Waals surface area contributed by atoms with Gasteiger partial charge in [-0.15, -0.1) is 0 Å². The van der Waals surface area contributed by atoms with Gasteiger partial charge in [-0.25, -0.2) is 4.98 Å². The summed E-state index contributed by atoms with van der Waals surface area (Å²) in [6, 6.07) is 8.50. The van der Waals surface area contributed by atoms with Crippen LogP contribution in [0, 0.1) is 6.92 Å². The van der Waals surface area contributed by atoms with Crippen LogP contribution in [0.3, 0.4) is 0 Å². The van der Waals surface area contributed by atoms with Gasteiger partial charge in [-0.1, -0.05) is 29.8 Å². The fourth-order valence-electron chi connectivity index (χ4n) is 1.66. The number of hydrogen-bond acceptors (Lipinski definition) is 3. The summed E-state index contributed by atoms with van der Waals surface area (Å²) in [6.07, 6.45) is 1.81. The van der Waals surface area contributed by atoms with Gasteiger partial charge in [0.25, 0.3) is 0 Å². The third kappa shape index (κ3) is 2.67. The monoisotopic (exact) mass is 216 g/mol. The Morgan fingerprint density at radius 2 is 2.19 bits per heavy atom. The molecule has 0 aliphatic heterocycles. The summed E-state index contributed by atoms with van der Waals surface area (Å²) in [5, 5.41) is 6.93. The minimum atomic E-state index is 0.414. The van der Waals surface area contributed by atoms with Gasteiger partial charge in [0.1, 0.15) is 5.82 Å². The number of H-pyrrole nitrogens is 1. The Morgan fingerprint density at radius 1 is 1.31 bits per heavy atom. The maximum absolute atomic E-state index is 5.46. The van der Waals surface area contributed by atoms with Gasteiger partial charge in [0.15, 0.2) is 5.82 Å². The number of aryl methyl sites for hydroxylation is 3. The van der Waals surface area contributed by atoms with Crippen LogP contribution in [0.25, 0.3) is 0 Å². The van der Waals surface area contributed by atoms with E-state index >= 15 is 0 Å². The second-order valence-corrected chi connectivity index (χ2v) is 3.89. The van der Waals surface area contributed by atoms with Crippen molar-refractivity contribution < 1.29 is 0 Å². The number of nitrogens with two attached hydrogens (primary N) is 1.